The molecule has 0 saturated carbocycles. The molecule has 0 aliphatic rings. The molecule has 0 bridgehead atoms. The molecule has 0 spiro atoms. The van der Waals surface area contributed by atoms with Gasteiger partial charge in [-0.15, -0.1) is 0 Å². The largest absolute Gasteiger partial charge is 0.469 e. The molecule has 1 N–H and O–H groups in total. The van der Waals surface area contributed by atoms with Crippen LogP contribution in [0.2, 0.25) is 0 Å². The van der Waals surface area contributed by atoms with E-state index in [2.05, 4.69) is 9.68 Å². The summed E-state index contributed by atoms with van der Waals surface area (Å²) in [5.41, 5.74) is 2.87. The topological polar surface area (TPSA) is 54.6 Å². The monoisotopic (exact) mass is 278 g/mol. The smallest absolute Gasteiger partial charge is 0.105 e. The van der Waals surface area contributed by atoms with Crippen LogP contribution in [-0.2, 0) is 16.3 Å². The number of furan rings is 1. The highest BCUT2D eigenvalue weighted by Crippen LogP contribution is 2.19. The molecule has 4 nitrogen and oxygen atoms in total. The molecule has 102 valence electrons. The first-order valence-corrected chi connectivity index (χ1v) is 8.31. The zero-order valence-electron chi connectivity index (χ0n) is 11.3. The van der Waals surface area contributed by atoms with Crippen LogP contribution in [0.15, 0.2) is 45.4 Å². The van der Waals surface area contributed by atoms with Gasteiger partial charge < -0.3 is 9.73 Å². The van der Waals surface area contributed by atoms with Crippen LogP contribution in [0.5, 0.6) is 0 Å². The summed E-state index contributed by atoms with van der Waals surface area (Å²) >= 11 is 0. The van der Waals surface area contributed by atoms with Gasteiger partial charge in [0.25, 0.3) is 0 Å². The molecule has 0 unspecified atom stereocenters. The Morgan fingerprint density at radius 3 is 2.42 bits per heavy atom. The van der Waals surface area contributed by atoms with Crippen LogP contribution >= 0.6 is 0 Å². The molecule has 0 atom stereocenters. The first-order valence-electron chi connectivity index (χ1n) is 5.98. The summed E-state index contributed by atoms with van der Waals surface area (Å²) in [7, 11) is -2.10. The minimum atomic E-state index is -2.10. The first kappa shape index (κ1) is 13.7. The Labute approximate surface area is 114 Å². The third-order valence-corrected chi connectivity index (χ3v) is 3.29. The molecule has 0 saturated heterocycles. The standard InChI is InChI=1S/C14H18N2O2S/c1-11-12(8-9-18-11)10-15-13-4-6-14(7-5-13)16-19(2,3)17/h4-9,15H,10H2,1-3H3. The number of anilines is 1. The number of aryl methyl sites for hydroxylation is 1. The van der Waals surface area contributed by atoms with E-state index in [4.69, 9.17) is 4.42 Å². The number of hydrogen-bond donors (Lipinski definition) is 1. The Morgan fingerprint density at radius 2 is 1.89 bits per heavy atom. The van der Waals surface area contributed by atoms with Gasteiger partial charge in [-0.05, 0) is 37.3 Å². The van der Waals surface area contributed by atoms with Crippen molar-refractivity contribution in [3.63, 3.8) is 0 Å². The van der Waals surface area contributed by atoms with E-state index in [0.717, 1.165) is 29.2 Å². The van der Waals surface area contributed by atoms with E-state index in [9.17, 15) is 4.21 Å². The Bertz CT molecular complexity index is 657. The lowest BCUT2D eigenvalue weighted by Gasteiger charge is -2.06. The Balaban J connectivity index is 2.04. The van der Waals surface area contributed by atoms with Gasteiger partial charge in [0, 0.05) is 40.0 Å². The van der Waals surface area contributed by atoms with E-state index in [1.165, 1.54) is 0 Å². The first-order chi connectivity index (χ1) is 8.94. The maximum absolute atomic E-state index is 11.6. The number of nitrogens with zero attached hydrogens (tertiary/aromatic N) is 1. The summed E-state index contributed by atoms with van der Waals surface area (Å²) in [6.07, 6.45) is 4.94. The number of benzene rings is 1. The Kier molecular flexibility index (Phi) is 3.95. The van der Waals surface area contributed by atoms with Crippen molar-refractivity contribution in [1.82, 2.24) is 0 Å². The molecule has 2 rings (SSSR count). The van der Waals surface area contributed by atoms with E-state index in [0.29, 0.717) is 0 Å². The highest BCUT2D eigenvalue weighted by atomic mass is 32.2. The van der Waals surface area contributed by atoms with Crippen molar-refractivity contribution in [1.29, 1.82) is 0 Å². The van der Waals surface area contributed by atoms with Crippen LogP contribution in [0.1, 0.15) is 11.3 Å². The van der Waals surface area contributed by atoms with Crippen molar-refractivity contribution in [2.24, 2.45) is 4.36 Å². The summed E-state index contributed by atoms with van der Waals surface area (Å²) in [5, 5.41) is 3.30. The minimum Gasteiger partial charge on any atom is -0.469 e. The molecule has 2 aromatic rings. The van der Waals surface area contributed by atoms with E-state index in [1.807, 2.05) is 37.3 Å². The molecule has 0 aliphatic heterocycles. The highest BCUT2D eigenvalue weighted by molar-refractivity contribution is 7.92. The van der Waals surface area contributed by atoms with E-state index in [1.54, 1.807) is 18.8 Å². The van der Waals surface area contributed by atoms with Crippen molar-refractivity contribution in [3.8, 4) is 0 Å². The molecular formula is C14H18N2O2S. The average Bonchev–Trinajstić information content (AvgIpc) is 2.72. The molecule has 1 aromatic heterocycles. The molecule has 19 heavy (non-hydrogen) atoms. The number of rotatable bonds is 4. The van der Waals surface area contributed by atoms with Gasteiger partial charge in [-0.3, -0.25) is 0 Å². The Morgan fingerprint density at radius 1 is 1.21 bits per heavy atom. The quantitative estimate of drug-likeness (QED) is 0.930. The van der Waals surface area contributed by atoms with E-state index >= 15 is 0 Å². The number of hydrogen-bond acceptors (Lipinski definition) is 4. The van der Waals surface area contributed by atoms with Crippen LogP contribution in [0.4, 0.5) is 11.4 Å². The molecular weight excluding hydrogens is 260 g/mol. The van der Waals surface area contributed by atoms with Gasteiger partial charge in [0.05, 0.1) is 12.0 Å². The second-order valence-corrected chi connectivity index (χ2v) is 7.22. The molecule has 0 radical (unpaired) electrons. The van der Waals surface area contributed by atoms with Crippen LogP contribution in [0, 0.1) is 6.92 Å². The van der Waals surface area contributed by atoms with Crippen LogP contribution in [0.3, 0.4) is 0 Å². The summed E-state index contributed by atoms with van der Waals surface area (Å²) in [6, 6.07) is 9.53. The average molecular weight is 278 g/mol. The van der Waals surface area contributed by atoms with Crippen molar-refractivity contribution in [3.05, 3.63) is 47.9 Å². The summed E-state index contributed by atoms with van der Waals surface area (Å²) < 4.78 is 20.9. The summed E-state index contributed by atoms with van der Waals surface area (Å²) in [4.78, 5) is 0. The normalized spacial score (nSPS) is 11.3. The fourth-order valence-corrected chi connectivity index (χ4v) is 2.32. The fourth-order valence-electron chi connectivity index (χ4n) is 1.69. The van der Waals surface area contributed by atoms with Gasteiger partial charge in [-0.25, -0.2) is 4.21 Å². The van der Waals surface area contributed by atoms with Gasteiger partial charge >= 0.3 is 0 Å². The van der Waals surface area contributed by atoms with E-state index in [-0.39, 0.29) is 0 Å². The van der Waals surface area contributed by atoms with Gasteiger partial charge in [0.1, 0.15) is 5.76 Å². The van der Waals surface area contributed by atoms with Crippen LogP contribution in [0.25, 0.3) is 0 Å². The third kappa shape index (κ3) is 4.13. The van der Waals surface area contributed by atoms with Crippen LogP contribution < -0.4 is 5.32 Å². The molecule has 0 aliphatic carbocycles. The van der Waals surface area contributed by atoms with Crippen molar-refractivity contribution >= 4 is 21.1 Å². The highest BCUT2D eigenvalue weighted by Gasteiger charge is 2.01. The minimum absolute atomic E-state index is 0.719. The maximum atomic E-state index is 11.6. The van der Waals surface area contributed by atoms with Gasteiger partial charge in [0.2, 0.25) is 0 Å². The molecule has 1 heterocycles. The lowest BCUT2D eigenvalue weighted by atomic mass is 10.2. The van der Waals surface area contributed by atoms with Crippen LogP contribution in [-0.4, -0.2) is 16.7 Å². The van der Waals surface area contributed by atoms with Crippen molar-refractivity contribution < 1.29 is 8.63 Å². The van der Waals surface area contributed by atoms with E-state index < -0.39 is 9.73 Å². The molecule has 1 aromatic carbocycles. The lowest BCUT2D eigenvalue weighted by Crippen LogP contribution is -1.99. The summed E-state index contributed by atoms with van der Waals surface area (Å²) in [6.45, 7) is 2.66. The van der Waals surface area contributed by atoms with Gasteiger partial charge in [-0.1, -0.05) is 0 Å². The number of nitrogens with one attached hydrogen (secondary N) is 1. The molecule has 5 heteroatoms. The second kappa shape index (κ2) is 5.48. The predicted octanol–water partition coefficient (Wildman–Crippen LogP) is 3.56. The predicted molar refractivity (Wildman–Crippen MR) is 79.3 cm³/mol. The third-order valence-electron chi connectivity index (χ3n) is 2.64. The molecule has 0 fully saturated rings. The molecule has 0 amide bonds. The lowest BCUT2D eigenvalue weighted by molar-refractivity contribution is 0.530. The van der Waals surface area contributed by atoms with Crippen molar-refractivity contribution in [2.45, 2.75) is 13.5 Å². The SMILES string of the molecule is Cc1occc1CNc1ccc(N=S(C)(C)=O)cc1. The van der Waals surface area contributed by atoms with Gasteiger partial charge in [0.15, 0.2) is 0 Å². The van der Waals surface area contributed by atoms with Crippen molar-refractivity contribution in [2.75, 3.05) is 17.8 Å². The fraction of sp³-hybridized carbons (Fsp3) is 0.286. The zero-order chi connectivity index (χ0) is 13.9. The second-order valence-electron chi connectivity index (χ2n) is 4.68. The maximum Gasteiger partial charge on any atom is 0.105 e. The zero-order valence-corrected chi connectivity index (χ0v) is 12.2. The Hall–Kier alpha value is -1.75. The summed E-state index contributed by atoms with van der Waals surface area (Å²) in [5.74, 6) is 0.927. The van der Waals surface area contributed by atoms with Gasteiger partial charge in [-0.2, -0.15) is 4.36 Å².